The second kappa shape index (κ2) is 5.44. The van der Waals surface area contributed by atoms with Crippen molar-refractivity contribution in [1.29, 1.82) is 0 Å². The lowest BCUT2D eigenvalue weighted by molar-refractivity contribution is 0.436. The van der Waals surface area contributed by atoms with Crippen LogP contribution in [0, 0.1) is 0 Å². The van der Waals surface area contributed by atoms with E-state index in [1.165, 1.54) is 23.3 Å². The van der Waals surface area contributed by atoms with Gasteiger partial charge in [0.05, 0.1) is 34.8 Å². The molecule has 3 aromatic rings. The van der Waals surface area contributed by atoms with Crippen molar-refractivity contribution >= 4 is 23.2 Å². The van der Waals surface area contributed by atoms with Crippen LogP contribution < -0.4 is 4.74 Å². The fourth-order valence-electron chi connectivity index (χ4n) is 1.50. The zero-order valence-corrected chi connectivity index (χ0v) is 11.5. The van der Waals surface area contributed by atoms with E-state index < -0.39 is 0 Å². The molecule has 6 nitrogen and oxygen atoms in total. The molecule has 0 saturated carbocycles. The molecule has 0 aliphatic heterocycles. The minimum absolute atomic E-state index is 0.168. The van der Waals surface area contributed by atoms with E-state index >= 15 is 0 Å². The Morgan fingerprint density at radius 2 is 1.80 bits per heavy atom. The lowest BCUT2D eigenvalue weighted by Gasteiger charge is -2.08. The highest BCUT2D eigenvalue weighted by Crippen LogP contribution is 2.24. The van der Waals surface area contributed by atoms with Crippen molar-refractivity contribution in [2.24, 2.45) is 0 Å². The maximum absolute atomic E-state index is 5.85. The summed E-state index contributed by atoms with van der Waals surface area (Å²) in [5.74, 6) is 0.938. The van der Waals surface area contributed by atoms with E-state index in [9.17, 15) is 0 Å². The second-order valence-electron chi connectivity index (χ2n) is 3.71. The highest BCUT2D eigenvalue weighted by molar-refractivity contribution is 6.30. The van der Waals surface area contributed by atoms with Gasteiger partial charge in [-0.15, -0.1) is 0 Å². The number of ether oxygens (including phenoxy) is 1. The lowest BCUT2D eigenvalue weighted by Crippen LogP contribution is -2.01. The van der Waals surface area contributed by atoms with Crippen LogP contribution in [-0.4, -0.2) is 24.7 Å². The summed E-state index contributed by atoms with van der Waals surface area (Å²) in [5.41, 5.74) is 0. The van der Waals surface area contributed by atoms with Gasteiger partial charge in [-0.2, -0.15) is 5.10 Å². The molecule has 8 heteroatoms. The molecule has 3 aromatic heterocycles. The molecule has 0 saturated heterocycles. The number of halogens is 2. The van der Waals surface area contributed by atoms with Gasteiger partial charge in [-0.1, -0.05) is 23.2 Å². The maximum atomic E-state index is 5.85. The molecule has 0 bridgehead atoms. The van der Waals surface area contributed by atoms with Gasteiger partial charge < -0.3 is 4.74 Å². The predicted molar refractivity (Wildman–Crippen MR) is 73.5 cm³/mol. The van der Waals surface area contributed by atoms with E-state index in [0.29, 0.717) is 21.6 Å². The van der Waals surface area contributed by atoms with Gasteiger partial charge in [-0.05, 0) is 12.1 Å². The molecule has 0 atom stereocenters. The van der Waals surface area contributed by atoms with E-state index in [0.717, 1.165) is 0 Å². The fraction of sp³-hybridized carbons (Fsp3) is 0. The first kappa shape index (κ1) is 12.8. The molecule has 0 fully saturated rings. The van der Waals surface area contributed by atoms with Gasteiger partial charge in [0.25, 0.3) is 0 Å². The van der Waals surface area contributed by atoms with E-state index in [2.05, 4.69) is 20.1 Å². The average molecular weight is 308 g/mol. The van der Waals surface area contributed by atoms with Crippen LogP contribution in [0.3, 0.4) is 0 Å². The van der Waals surface area contributed by atoms with Crippen LogP contribution in [0.1, 0.15) is 0 Å². The minimum Gasteiger partial charge on any atom is -0.420 e. The highest BCUT2D eigenvalue weighted by atomic mass is 35.5. The summed E-state index contributed by atoms with van der Waals surface area (Å²) in [6.45, 7) is 0. The number of aromatic nitrogens is 5. The highest BCUT2D eigenvalue weighted by Gasteiger charge is 2.10. The Bertz CT molecular complexity index is 729. The fourth-order valence-corrected chi connectivity index (χ4v) is 1.74. The van der Waals surface area contributed by atoms with Crippen LogP contribution in [0.15, 0.2) is 43.1 Å². The third-order valence-electron chi connectivity index (χ3n) is 2.32. The molecule has 0 N–H and O–H groups in total. The van der Waals surface area contributed by atoms with E-state index in [-0.39, 0.29) is 6.01 Å². The van der Waals surface area contributed by atoms with Crippen molar-refractivity contribution in [1.82, 2.24) is 24.7 Å². The van der Waals surface area contributed by atoms with Gasteiger partial charge in [-0.3, -0.25) is 0 Å². The van der Waals surface area contributed by atoms with Crippen LogP contribution in [0.5, 0.6) is 11.8 Å². The molecule has 100 valence electrons. The largest absolute Gasteiger partial charge is 0.420 e. The standard InChI is InChI=1S/C12H7Cl2N5O/c13-8-4-16-12(17-5-8)20-10-2-1-3-15-11(10)19-7-9(14)6-18-19/h1-7H. The van der Waals surface area contributed by atoms with Crippen molar-refractivity contribution in [3.63, 3.8) is 0 Å². The normalized spacial score (nSPS) is 10.5. The third kappa shape index (κ3) is 2.71. The average Bonchev–Trinajstić information content (AvgIpc) is 2.88. The smallest absolute Gasteiger partial charge is 0.322 e. The topological polar surface area (TPSA) is 65.7 Å². The summed E-state index contributed by atoms with van der Waals surface area (Å²) in [6, 6.07) is 3.64. The van der Waals surface area contributed by atoms with Crippen molar-refractivity contribution in [3.05, 3.63) is 53.2 Å². The van der Waals surface area contributed by atoms with Crippen molar-refractivity contribution in [3.8, 4) is 17.6 Å². The number of hydrogen-bond acceptors (Lipinski definition) is 5. The van der Waals surface area contributed by atoms with Crippen molar-refractivity contribution in [2.75, 3.05) is 0 Å². The van der Waals surface area contributed by atoms with E-state index in [1.807, 2.05) is 0 Å². The SMILES string of the molecule is Clc1cnc(Oc2cccnc2-n2cc(Cl)cn2)nc1. The van der Waals surface area contributed by atoms with Crippen molar-refractivity contribution in [2.45, 2.75) is 0 Å². The van der Waals surface area contributed by atoms with E-state index in [1.54, 1.807) is 24.5 Å². The zero-order valence-electron chi connectivity index (χ0n) is 9.94. The molecule has 0 aliphatic carbocycles. The lowest BCUT2D eigenvalue weighted by atomic mass is 10.4. The second-order valence-corrected chi connectivity index (χ2v) is 4.59. The van der Waals surface area contributed by atoms with E-state index in [4.69, 9.17) is 27.9 Å². The Hall–Kier alpha value is -2.18. The Morgan fingerprint density at radius 3 is 2.50 bits per heavy atom. The quantitative estimate of drug-likeness (QED) is 0.743. The molecular formula is C12H7Cl2N5O. The first-order valence-corrected chi connectivity index (χ1v) is 6.29. The van der Waals surface area contributed by atoms with Crippen molar-refractivity contribution < 1.29 is 4.74 Å². The van der Waals surface area contributed by atoms with Gasteiger partial charge in [0.15, 0.2) is 11.6 Å². The molecular weight excluding hydrogens is 301 g/mol. The summed E-state index contributed by atoms with van der Waals surface area (Å²) in [6.07, 6.45) is 7.66. The summed E-state index contributed by atoms with van der Waals surface area (Å²) >= 11 is 11.6. The third-order valence-corrected chi connectivity index (χ3v) is 2.71. The first-order chi connectivity index (χ1) is 9.72. The van der Waals surface area contributed by atoms with Crippen LogP contribution in [0.2, 0.25) is 10.0 Å². The molecule has 0 unspecified atom stereocenters. The molecule has 0 spiro atoms. The monoisotopic (exact) mass is 307 g/mol. The zero-order chi connectivity index (χ0) is 13.9. The predicted octanol–water partition coefficient (Wildman–Crippen LogP) is 3.16. The summed E-state index contributed by atoms with van der Waals surface area (Å²) in [4.78, 5) is 12.1. The Balaban J connectivity index is 1.96. The minimum atomic E-state index is 0.168. The number of rotatable bonds is 3. The number of pyridine rings is 1. The van der Waals surface area contributed by atoms with Crippen LogP contribution in [-0.2, 0) is 0 Å². The Kier molecular flexibility index (Phi) is 3.49. The van der Waals surface area contributed by atoms with Crippen LogP contribution >= 0.6 is 23.2 Å². The number of hydrogen-bond donors (Lipinski definition) is 0. The van der Waals surface area contributed by atoms with Gasteiger partial charge >= 0.3 is 6.01 Å². The molecule has 0 radical (unpaired) electrons. The molecule has 20 heavy (non-hydrogen) atoms. The summed E-state index contributed by atoms with van der Waals surface area (Å²) < 4.78 is 7.09. The molecule has 0 amide bonds. The Labute approximate surface area is 124 Å². The maximum Gasteiger partial charge on any atom is 0.322 e. The van der Waals surface area contributed by atoms with Crippen LogP contribution in [0.25, 0.3) is 5.82 Å². The summed E-state index contributed by atoms with van der Waals surface area (Å²) in [7, 11) is 0. The summed E-state index contributed by atoms with van der Waals surface area (Å²) in [5, 5.41) is 5.02. The van der Waals surface area contributed by atoms with Gasteiger partial charge in [-0.25, -0.2) is 19.6 Å². The molecule has 3 rings (SSSR count). The van der Waals surface area contributed by atoms with Crippen LogP contribution in [0.4, 0.5) is 0 Å². The van der Waals surface area contributed by atoms with Gasteiger partial charge in [0.2, 0.25) is 0 Å². The van der Waals surface area contributed by atoms with Gasteiger partial charge in [0.1, 0.15) is 0 Å². The molecule has 0 aromatic carbocycles. The van der Waals surface area contributed by atoms with Gasteiger partial charge in [0, 0.05) is 6.20 Å². The molecule has 3 heterocycles. The number of nitrogens with zero attached hydrogens (tertiary/aromatic N) is 5. The first-order valence-electron chi connectivity index (χ1n) is 5.53. The molecule has 0 aliphatic rings. The Morgan fingerprint density at radius 1 is 1.00 bits per heavy atom.